The molecule has 0 spiro atoms. The first-order valence-electron chi connectivity index (χ1n) is 7.83. The van der Waals surface area contributed by atoms with Gasteiger partial charge in [0.05, 0.1) is 19.3 Å². The fourth-order valence-corrected chi connectivity index (χ4v) is 2.67. The maximum absolute atomic E-state index is 12.3. The maximum Gasteiger partial charge on any atom is 0.321 e. The molecule has 1 amide bonds. The van der Waals surface area contributed by atoms with Gasteiger partial charge in [0.15, 0.2) is 5.82 Å². The van der Waals surface area contributed by atoms with Crippen molar-refractivity contribution in [3.63, 3.8) is 0 Å². The highest BCUT2D eigenvalue weighted by Gasteiger charge is 2.20. The average Bonchev–Trinajstić information content (AvgIpc) is 3.22. The molecule has 1 aliphatic heterocycles. The van der Waals surface area contributed by atoms with Crippen LogP contribution in [0.3, 0.4) is 0 Å². The lowest BCUT2D eigenvalue weighted by atomic mass is 10.2. The summed E-state index contributed by atoms with van der Waals surface area (Å²) < 4.78 is 10.2. The summed E-state index contributed by atoms with van der Waals surface area (Å²) >= 11 is 0. The lowest BCUT2D eigenvalue weighted by molar-refractivity contribution is 0.0947. The summed E-state index contributed by atoms with van der Waals surface area (Å²) in [6, 6.07) is 0.244. The first-order chi connectivity index (χ1) is 11.6. The van der Waals surface area contributed by atoms with Crippen molar-refractivity contribution in [2.75, 3.05) is 25.1 Å². The molecule has 1 aliphatic rings. The minimum atomic E-state index is -0.270. The number of carbonyl (C=O) groups is 1. The Balaban J connectivity index is 1.74. The van der Waals surface area contributed by atoms with Gasteiger partial charge >= 0.3 is 6.01 Å². The first kappa shape index (κ1) is 16.2. The van der Waals surface area contributed by atoms with Crippen LogP contribution in [0.25, 0.3) is 0 Å². The molecule has 0 unspecified atom stereocenters. The number of anilines is 1. The number of methoxy groups -OCH3 is 1. The lowest BCUT2D eigenvalue weighted by Crippen LogP contribution is -2.27. The Kier molecular flexibility index (Phi) is 4.59. The van der Waals surface area contributed by atoms with Gasteiger partial charge in [-0.2, -0.15) is 15.0 Å². The standard InChI is InChI=1S/C15H20N6O3/c1-9-12(10(2)24-20-9)13(22)16-8-11-17-14(19-15(18-11)23-3)21-6-4-5-7-21/h4-8H2,1-3H3,(H,16,22). The third-order valence-corrected chi connectivity index (χ3v) is 3.89. The van der Waals surface area contributed by atoms with Gasteiger partial charge in [-0.25, -0.2) is 0 Å². The normalized spacial score (nSPS) is 14.0. The monoisotopic (exact) mass is 332 g/mol. The van der Waals surface area contributed by atoms with E-state index in [9.17, 15) is 4.79 Å². The SMILES string of the molecule is COc1nc(CNC(=O)c2c(C)noc2C)nc(N2CCCC2)n1. The van der Waals surface area contributed by atoms with Crippen LogP contribution in [0.1, 0.15) is 40.5 Å². The Morgan fingerprint density at radius 1 is 1.25 bits per heavy atom. The molecule has 2 aromatic rings. The van der Waals surface area contributed by atoms with E-state index >= 15 is 0 Å². The highest BCUT2D eigenvalue weighted by molar-refractivity contribution is 5.95. The summed E-state index contributed by atoms with van der Waals surface area (Å²) in [7, 11) is 1.51. The van der Waals surface area contributed by atoms with Gasteiger partial charge in [0.1, 0.15) is 11.3 Å². The second kappa shape index (κ2) is 6.81. The summed E-state index contributed by atoms with van der Waals surface area (Å²) in [4.78, 5) is 27.3. The van der Waals surface area contributed by atoms with Crippen molar-refractivity contribution in [3.05, 3.63) is 22.8 Å². The zero-order valence-electron chi connectivity index (χ0n) is 14.0. The van der Waals surface area contributed by atoms with Crippen molar-refractivity contribution in [2.45, 2.75) is 33.2 Å². The van der Waals surface area contributed by atoms with Crippen molar-refractivity contribution < 1.29 is 14.1 Å². The Morgan fingerprint density at radius 2 is 2.00 bits per heavy atom. The van der Waals surface area contributed by atoms with Crippen LogP contribution in [0.5, 0.6) is 6.01 Å². The molecule has 2 aromatic heterocycles. The Labute approximate surface area is 139 Å². The van der Waals surface area contributed by atoms with Gasteiger partial charge in [-0.1, -0.05) is 5.16 Å². The number of carbonyl (C=O) groups excluding carboxylic acids is 1. The van der Waals surface area contributed by atoms with Gasteiger partial charge < -0.3 is 19.5 Å². The summed E-state index contributed by atoms with van der Waals surface area (Å²) in [6.45, 7) is 5.42. The number of amides is 1. The van der Waals surface area contributed by atoms with Gasteiger partial charge in [-0.15, -0.1) is 0 Å². The smallest absolute Gasteiger partial charge is 0.321 e. The molecule has 1 fully saturated rings. The molecule has 3 rings (SSSR count). The number of nitrogens with zero attached hydrogens (tertiary/aromatic N) is 5. The van der Waals surface area contributed by atoms with Crippen LogP contribution in [-0.2, 0) is 6.54 Å². The van der Waals surface area contributed by atoms with Crippen LogP contribution in [0.4, 0.5) is 5.95 Å². The van der Waals surface area contributed by atoms with Crippen LogP contribution in [0.2, 0.25) is 0 Å². The van der Waals surface area contributed by atoms with Crippen molar-refractivity contribution in [1.29, 1.82) is 0 Å². The van der Waals surface area contributed by atoms with E-state index < -0.39 is 0 Å². The number of nitrogens with one attached hydrogen (secondary N) is 1. The van der Waals surface area contributed by atoms with E-state index in [2.05, 4.69) is 30.3 Å². The maximum atomic E-state index is 12.3. The number of aryl methyl sites for hydroxylation is 2. The Bertz CT molecular complexity index is 719. The average molecular weight is 332 g/mol. The van der Waals surface area contributed by atoms with Crippen molar-refractivity contribution in [3.8, 4) is 6.01 Å². The fraction of sp³-hybridized carbons (Fsp3) is 0.533. The van der Waals surface area contributed by atoms with Crippen LogP contribution < -0.4 is 15.0 Å². The molecule has 24 heavy (non-hydrogen) atoms. The zero-order chi connectivity index (χ0) is 17.1. The highest BCUT2D eigenvalue weighted by Crippen LogP contribution is 2.18. The first-order valence-corrected chi connectivity index (χ1v) is 7.83. The lowest BCUT2D eigenvalue weighted by Gasteiger charge is -2.16. The molecule has 9 heteroatoms. The van der Waals surface area contributed by atoms with Crippen molar-refractivity contribution in [2.24, 2.45) is 0 Å². The Morgan fingerprint density at radius 3 is 2.62 bits per heavy atom. The van der Waals surface area contributed by atoms with Crippen molar-refractivity contribution in [1.82, 2.24) is 25.4 Å². The molecular formula is C15H20N6O3. The minimum Gasteiger partial charge on any atom is -0.467 e. The van der Waals surface area contributed by atoms with Crippen LogP contribution in [0, 0.1) is 13.8 Å². The molecule has 3 heterocycles. The van der Waals surface area contributed by atoms with E-state index in [4.69, 9.17) is 9.26 Å². The minimum absolute atomic E-state index is 0.169. The molecule has 1 saturated heterocycles. The molecule has 0 aliphatic carbocycles. The van der Waals surface area contributed by atoms with Crippen LogP contribution in [-0.4, -0.2) is 46.2 Å². The van der Waals surface area contributed by atoms with Crippen LogP contribution in [0.15, 0.2) is 4.52 Å². The van der Waals surface area contributed by atoms with Gasteiger partial charge in [-0.05, 0) is 26.7 Å². The number of ether oxygens (including phenoxy) is 1. The third kappa shape index (κ3) is 3.29. The molecule has 0 bridgehead atoms. The van der Waals surface area contributed by atoms with Gasteiger partial charge in [-0.3, -0.25) is 4.79 Å². The number of hydrogen-bond acceptors (Lipinski definition) is 8. The van der Waals surface area contributed by atoms with Gasteiger partial charge in [0.25, 0.3) is 5.91 Å². The number of hydrogen-bond donors (Lipinski definition) is 1. The molecule has 1 N–H and O–H groups in total. The van der Waals surface area contributed by atoms with E-state index in [0.717, 1.165) is 25.9 Å². The largest absolute Gasteiger partial charge is 0.467 e. The van der Waals surface area contributed by atoms with E-state index in [1.807, 2.05) is 0 Å². The molecule has 0 saturated carbocycles. The Hall–Kier alpha value is -2.71. The number of rotatable bonds is 5. The molecule has 0 atom stereocenters. The second-order valence-electron chi connectivity index (χ2n) is 5.61. The van der Waals surface area contributed by atoms with Crippen LogP contribution >= 0.6 is 0 Å². The zero-order valence-corrected chi connectivity index (χ0v) is 14.0. The summed E-state index contributed by atoms with van der Waals surface area (Å²) in [5.41, 5.74) is 0.992. The molecule has 0 radical (unpaired) electrons. The highest BCUT2D eigenvalue weighted by atomic mass is 16.5. The summed E-state index contributed by atoms with van der Waals surface area (Å²) in [5, 5.41) is 6.57. The van der Waals surface area contributed by atoms with Gasteiger partial charge in [0.2, 0.25) is 5.95 Å². The quantitative estimate of drug-likeness (QED) is 0.865. The summed E-state index contributed by atoms with van der Waals surface area (Å²) in [6.07, 6.45) is 2.23. The third-order valence-electron chi connectivity index (χ3n) is 3.89. The fourth-order valence-electron chi connectivity index (χ4n) is 2.67. The van der Waals surface area contributed by atoms with E-state index in [1.165, 1.54) is 7.11 Å². The summed E-state index contributed by atoms with van der Waals surface area (Å²) in [5.74, 6) is 1.24. The van der Waals surface area contributed by atoms with E-state index in [0.29, 0.717) is 28.8 Å². The van der Waals surface area contributed by atoms with E-state index in [-0.39, 0.29) is 18.5 Å². The van der Waals surface area contributed by atoms with E-state index in [1.54, 1.807) is 13.8 Å². The molecule has 0 aromatic carbocycles. The number of aromatic nitrogens is 4. The predicted molar refractivity (Wildman–Crippen MR) is 85.0 cm³/mol. The second-order valence-corrected chi connectivity index (χ2v) is 5.61. The molecule has 9 nitrogen and oxygen atoms in total. The predicted octanol–water partition coefficient (Wildman–Crippen LogP) is 1.02. The topological polar surface area (TPSA) is 106 Å². The molecule has 128 valence electrons. The van der Waals surface area contributed by atoms with Crippen molar-refractivity contribution >= 4 is 11.9 Å². The molecular weight excluding hydrogens is 312 g/mol. The van der Waals surface area contributed by atoms with Gasteiger partial charge in [0, 0.05) is 13.1 Å².